The van der Waals surface area contributed by atoms with E-state index in [0.29, 0.717) is 44.8 Å². The highest BCUT2D eigenvalue weighted by Crippen LogP contribution is 2.40. The van der Waals surface area contributed by atoms with Crippen LogP contribution in [0.3, 0.4) is 0 Å². The Balaban J connectivity index is 1.10. The lowest BCUT2D eigenvalue weighted by Gasteiger charge is -2.08. The Labute approximate surface area is 305 Å². The van der Waals surface area contributed by atoms with Gasteiger partial charge in [-0.15, -0.1) is 10.2 Å². The van der Waals surface area contributed by atoms with Crippen LogP contribution in [0.1, 0.15) is 43.2 Å². The first-order chi connectivity index (χ1) is 26.2. The second-order valence-electron chi connectivity index (χ2n) is 11.2. The molecule has 0 atom stereocenters. The summed E-state index contributed by atoms with van der Waals surface area (Å²) in [7, 11) is 0. The van der Waals surface area contributed by atoms with Crippen molar-refractivity contribution in [2.75, 3.05) is 6.79 Å². The summed E-state index contributed by atoms with van der Waals surface area (Å²) in [6.45, 7) is -0.0110. The van der Waals surface area contributed by atoms with Crippen molar-refractivity contribution in [1.29, 1.82) is 0 Å². The lowest BCUT2D eigenvalue weighted by molar-refractivity contribution is 0.0676. The molecular formula is C36H18ClFN8O8. The molecule has 4 aromatic carbocycles. The fraction of sp³-hybridized carbons (Fsp3) is 0.0278. The van der Waals surface area contributed by atoms with Crippen molar-refractivity contribution < 1.29 is 43.1 Å². The normalized spacial score (nSPS) is 11.4. The van der Waals surface area contributed by atoms with Crippen LogP contribution in [0.2, 0.25) is 5.02 Å². The average Bonchev–Trinajstić information content (AvgIpc) is 3.98. The van der Waals surface area contributed by atoms with Crippen molar-refractivity contribution in [1.82, 2.24) is 41.0 Å². The first kappa shape index (κ1) is 33.3. The molecule has 1 aliphatic rings. The Morgan fingerprint density at radius 2 is 1.48 bits per heavy atom. The lowest BCUT2D eigenvalue weighted by atomic mass is 9.98. The molecule has 264 valence electrons. The summed E-state index contributed by atoms with van der Waals surface area (Å²) in [4.78, 5) is 22.7. The van der Waals surface area contributed by atoms with Gasteiger partial charge >= 0.3 is 11.9 Å². The van der Waals surface area contributed by atoms with Gasteiger partial charge in [0.15, 0.2) is 23.1 Å². The molecule has 0 saturated carbocycles. The maximum atomic E-state index is 15.0. The van der Waals surface area contributed by atoms with Crippen LogP contribution in [-0.2, 0) is 0 Å². The number of hydrogen-bond donors (Lipinski definition) is 5. The number of aromatic amines is 3. The number of halogens is 2. The average molecular weight is 745 g/mol. The summed E-state index contributed by atoms with van der Waals surface area (Å²) in [5, 5.41) is 45.1. The maximum Gasteiger partial charge on any atom is 0.362 e. The van der Waals surface area contributed by atoms with Gasteiger partial charge in [-0.3, -0.25) is 5.10 Å². The van der Waals surface area contributed by atoms with E-state index in [-0.39, 0.29) is 35.1 Å². The number of nitrogens with one attached hydrogen (secondary N) is 3. The second-order valence-corrected chi connectivity index (χ2v) is 11.7. The third-order valence-corrected chi connectivity index (χ3v) is 7.94. The van der Waals surface area contributed by atoms with Gasteiger partial charge in [0.2, 0.25) is 18.2 Å². The summed E-state index contributed by atoms with van der Waals surface area (Å²) in [5.41, 5.74) is 3.11. The predicted octanol–water partition coefficient (Wildman–Crippen LogP) is 5.77. The largest absolute Gasteiger partial charge is 0.476 e. The number of carbonyl (C=O) groups is 2. The molecule has 0 fully saturated rings. The van der Waals surface area contributed by atoms with Gasteiger partial charge in [-0.25, -0.2) is 24.2 Å². The number of aromatic nitrogens is 8. The fourth-order valence-corrected chi connectivity index (χ4v) is 5.54. The minimum atomic E-state index is -1.39. The van der Waals surface area contributed by atoms with Crippen LogP contribution in [0.25, 0.3) is 22.0 Å². The van der Waals surface area contributed by atoms with Crippen molar-refractivity contribution in [3.05, 3.63) is 111 Å². The molecule has 54 heavy (non-hydrogen) atoms. The first-order valence-electron chi connectivity index (χ1n) is 15.4. The van der Waals surface area contributed by atoms with E-state index in [0.717, 1.165) is 17.0 Å². The second kappa shape index (κ2) is 13.7. The molecule has 4 heterocycles. The molecule has 1 aliphatic heterocycles. The molecule has 0 spiro atoms. The van der Waals surface area contributed by atoms with Gasteiger partial charge in [0.05, 0.1) is 17.3 Å². The van der Waals surface area contributed by atoms with Crippen LogP contribution in [0, 0.1) is 29.5 Å². The molecule has 18 heteroatoms. The first-order valence-corrected chi connectivity index (χ1v) is 15.8. The summed E-state index contributed by atoms with van der Waals surface area (Å²) < 4.78 is 37.4. The zero-order chi connectivity index (χ0) is 37.3. The third kappa shape index (κ3) is 6.64. The molecule has 0 aliphatic carbocycles. The summed E-state index contributed by atoms with van der Waals surface area (Å²) in [5.74, 6) is 9.10. The molecule has 0 saturated heterocycles. The molecule has 8 rings (SSSR count). The van der Waals surface area contributed by atoms with Gasteiger partial charge in [-0.1, -0.05) is 45.7 Å². The van der Waals surface area contributed by atoms with E-state index in [2.05, 4.69) is 64.7 Å². The van der Waals surface area contributed by atoms with Crippen LogP contribution in [-0.4, -0.2) is 70.0 Å². The van der Waals surface area contributed by atoms with E-state index >= 15 is 0 Å². The van der Waals surface area contributed by atoms with Crippen LogP contribution in [0.5, 0.6) is 34.8 Å². The monoisotopic (exact) mass is 744 g/mol. The smallest absolute Gasteiger partial charge is 0.362 e. The third-order valence-electron chi connectivity index (χ3n) is 7.72. The quantitative estimate of drug-likeness (QED) is 0.122. The van der Waals surface area contributed by atoms with Crippen molar-refractivity contribution in [3.8, 4) is 69.6 Å². The Bertz CT molecular complexity index is 2790. The lowest BCUT2D eigenvalue weighted by Crippen LogP contribution is -2.00. The number of hydrogen-bond acceptors (Lipinski definition) is 11. The van der Waals surface area contributed by atoms with E-state index < -0.39 is 29.1 Å². The van der Waals surface area contributed by atoms with Crippen molar-refractivity contribution in [2.24, 2.45) is 0 Å². The SMILES string of the molecule is O=C(O)c1nn[nH]c1Oc1cc(Cl)cc(C#Cc2cc(-c3cc(C#Cc4ccc(Oc5[nH]nnc5C(=O)O)c(F)c4)c4cn[nH]c4c3)cc3c2OCO3)c1. The van der Waals surface area contributed by atoms with E-state index in [1.807, 2.05) is 24.3 Å². The van der Waals surface area contributed by atoms with Crippen LogP contribution in [0.15, 0.2) is 66.9 Å². The van der Waals surface area contributed by atoms with Gasteiger partial charge < -0.3 is 29.2 Å². The minimum Gasteiger partial charge on any atom is -0.476 e. The highest BCUT2D eigenvalue weighted by molar-refractivity contribution is 6.30. The zero-order valence-electron chi connectivity index (χ0n) is 26.9. The predicted molar refractivity (Wildman–Crippen MR) is 184 cm³/mol. The Hall–Kier alpha value is -7.89. The van der Waals surface area contributed by atoms with Crippen LogP contribution < -0.4 is 18.9 Å². The number of nitrogens with zero attached hydrogens (tertiary/aromatic N) is 5. The minimum absolute atomic E-state index is 0.0110. The van der Waals surface area contributed by atoms with Crippen molar-refractivity contribution in [3.63, 3.8) is 0 Å². The number of carboxylic acids is 2. The number of rotatable bonds is 7. The highest BCUT2D eigenvalue weighted by Gasteiger charge is 2.21. The molecule has 5 N–H and O–H groups in total. The van der Waals surface area contributed by atoms with Gasteiger partial charge in [-0.2, -0.15) is 5.10 Å². The maximum absolute atomic E-state index is 15.0. The number of fused-ring (bicyclic) bond motifs is 2. The molecule has 0 amide bonds. The van der Waals surface area contributed by atoms with E-state index in [1.165, 1.54) is 18.2 Å². The fourth-order valence-electron chi connectivity index (χ4n) is 5.31. The Kier molecular flexibility index (Phi) is 8.42. The molecule has 0 radical (unpaired) electrons. The van der Waals surface area contributed by atoms with Gasteiger partial charge in [0.25, 0.3) is 11.8 Å². The van der Waals surface area contributed by atoms with Crippen molar-refractivity contribution in [2.45, 2.75) is 0 Å². The standard InChI is InChI=1S/C36H18ClFN8O8/c37-23-7-18(8-24(14-23)53-33-30(35(47)48)41-45-43-33)2-5-20-11-22(13-29-32(20)52-16-51-29)21-10-19(25-15-39-40-27(25)12-21)4-1-17-3-6-28(26(38)9-17)54-34-31(36(49)50)42-46-44-34/h3,6-15H,16H2,(H,39,40)(H,47,48)(H,49,50)(H,41,43,45)(H,42,44,46). The van der Waals surface area contributed by atoms with Gasteiger partial charge in [-0.05, 0) is 71.8 Å². The molecule has 16 nitrogen and oxygen atoms in total. The molecule has 0 bridgehead atoms. The van der Waals surface area contributed by atoms with E-state index in [4.69, 9.17) is 30.5 Å². The topological polar surface area (TPSA) is 223 Å². The highest BCUT2D eigenvalue weighted by atomic mass is 35.5. The van der Waals surface area contributed by atoms with E-state index in [1.54, 1.807) is 18.3 Å². The molecule has 7 aromatic rings. The molecule has 0 unspecified atom stereocenters. The molecular weight excluding hydrogens is 727 g/mol. The molecule has 3 aromatic heterocycles. The number of H-pyrrole nitrogens is 3. The summed E-state index contributed by atoms with van der Waals surface area (Å²) in [6, 6.07) is 16.0. The Morgan fingerprint density at radius 3 is 2.24 bits per heavy atom. The summed E-state index contributed by atoms with van der Waals surface area (Å²) in [6.07, 6.45) is 1.63. The van der Waals surface area contributed by atoms with Crippen molar-refractivity contribution >= 4 is 34.4 Å². The number of carboxylic acid groups (broad SMARTS) is 2. The van der Waals surface area contributed by atoms with Gasteiger partial charge in [0.1, 0.15) is 5.75 Å². The van der Waals surface area contributed by atoms with Gasteiger partial charge in [0, 0.05) is 27.1 Å². The number of ether oxygens (including phenoxy) is 4. The Morgan fingerprint density at radius 1 is 0.778 bits per heavy atom. The van der Waals surface area contributed by atoms with Crippen LogP contribution in [0.4, 0.5) is 4.39 Å². The van der Waals surface area contributed by atoms with E-state index in [9.17, 15) is 24.2 Å². The number of benzene rings is 4. The summed E-state index contributed by atoms with van der Waals surface area (Å²) >= 11 is 6.33. The number of aromatic carboxylic acids is 2. The zero-order valence-corrected chi connectivity index (χ0v) is 27.6. The van der Waals surface area contributed by atoms with Crippen LogP contribution >= 0.6 is 11.6 Å².